The van der Waals surface area contributed by atoms with Crippen molar-refractivity contribution in [2.24, 2.45) is 0 Å². The van der Waals surface area contributed by atoms with Crippen LogP contribution in [0.5, 0.6) is 0 Å². The Balaban J connectivity index is 1.92. The normalized spacial score (nSPS) is 14.6. The Bertz CT molecular complexity index is 1270. The number of halogens is 3. The summed E-state index contributed by atoms with van der Waals surface area (Å²) in [5.74, 6) is -0.184. The lowest BCUT2D eigenvalue weighted by Gasteiger charge is -2.10. The van der Waals surface area contributed by atoms with Crippen LogP contribution in [0.3, 0.4) is 0 Å². The fourth-order valence-corrected chi connectivity index (χ4v) is 4.12. The molecular formula is C21H19F3N2O4S. The predicted molar refractivity (Wildman–Crippen MR) is 110 cm³/mol. The number of fused-ring (bicyclic) bond motifs is 1. The van der Waals surface area contributed by atoms with E-state index < -0.39 is 27.7 Å². The molecule has 0 radical (unpaired) electrons. The van der Waals surface area contributed by atoms with Gasteiger partial charge in [-0.05, 0) is 42.5 Å². The van der Waals surface area contributed by atoms with Crippen LogP contribution in [0.2, 0.25) is 0 Å². The zero-order valence-electron chi connectivity index (χ0n) is 16.6. The van der Waals surface area contributed by atoms with E-state index in [0.29, 0.717) is 16.6 Å². The van der Waals surface area contributed by atoms with E-state index in [-0.39, 0.29) is 22.8 Å². The first-order valence-electron chi connectivity index (χ1n) is 9.46. The summed E-state index contributed by atoms with van der Waals surface area (Å²) < 4.78 is 70.7. The number of anilines is 1. The van der Waals surface area contributed by atoms with Crippen LogP contribution >= 0.6 is 0 Å². The van der Waals surface area contributed by atoms with Gasteiger partial charge in [0.1, 0.15) is 11.3 Å². The molecule has 2 N–H and O–H groups in total. The number of amides is 1. The highest BCUT2D eigenvalue weighted by molar-refractivity contribution is 7.92. The van der Waals surface area contributed by atoms with Gasteiger partial charge in [0.05, 0.1) is 23.1 Å². The van der Waals surface area contributed by atoms with Crippen LogP contribution in [-0.2, 0) is 16.2 Å². The minimum absolute atomic E-state index is 0.112. The monoisotopic (exact) mass is 452 g/mol. The van der Waals surface area contributed by atoms with Crippen LogP contribution in [0.1, 0.15) is 40.2 Å². The maximum absolute atomic E-state index is 12.9. The standard InChI is InChI=1S/C21H19F3N2O4S/c1-25-20(27)18-15-9-14(11-3-4-11)16(26-31(2,28)29)10-17(15)30-19(18)12-5-7-13(8-6-12)21(22,23)24/h5-11,26H,3-4H2,1-2H3,(H,25,27). The van der Waals surface area contributed by atoms with E-state index >= 15 is 0 Å². The Morgan fingerprint density at radius 2 is 1.77 bits per heavy atom. The van der Waals surface area contributed by atoms with Gasteiger partial charge in [0.2, 0.25) is 10.0 Å². The molecule has 1 amide bonds. The number of alkyl halides is 3. The van der Waals surface area contributed by atoms with E-state index in [1.807, 2.05) is 0 Å². The molecule has 3 aromatic rings. The first kappa shape index (κ1) is 21.2. The molecule has 0 unspecified atom stereocenters. The SMILES string of the molecule is CNC(=O)c1c(-c2ccc(C(F)(F)F)cc2)oc2cc(NS(C)(=O)=O)c(C3CC3)cc12. The molecule has 0 atom stereocenters. The minimum Gasteiger partial charge on any atom is -0.455 e. The summed E-state index contributed by atoms with van der Waals surface area (Å²) in [5, 5.41) is 3.00. The maximum atomic E-state index is 12.9. The molecule has 6 nitrogen and oxygen atoms in total. The fraction of sp³-hybridized carbons (Fsp3) is 0.286. The first-order valence-corrected chi connectivity index (χ1v) is 11.3. The van der Waals surface area contributed by atoms with Crippen molar-refractivity contribution in [2.75, 3.05) is 18.0 Å². The van der Waals surface area contributed by atoms with Crippen molar-refractivity contribution in [3.63, 3.8) is 0 Å². The first-order chi connectivity index (χ1) is 14.5. The van der Waals surface area contributed by atoms with Crippen LogP contribution in [-0.4, -0.2) is 27.6 Å². The summed E-state index contributed by atoms with van der Waals surface area (Å²) in [4.78, 5) is 12.7. The maximum Gasteiger partial charge on any atom is 0.416 e. The second-order valence-corrected chi connectivity index (χ2v) is 9.29. The summed E-state index contributed by atoms with van der Waals surface area (Å²) >= 11 is 0. The Hall–Kier alpha value is -3.01. The smallest absolute Gasteiger partial charge is 0.416 e. The van der Waals surface area contributed by atoms with Crippen molar-refractivity contribution >= 4 is 32.6 Å². The number of sulfonamides is 1. The average molecular weight is 452 g/mol. The number of rotatable bonds is 5. The molecule has 10 heteroatoms. The van der Waals surface area contributed by atoms with Gasteiger partial charge in [-0.1, -0.05) is 12.1 Å². The van der Waals surface area contributed by atoms with Crippen LogP contribution < -0.4 is 10.0 Å². The van der Waals surface area contributed by atoms with E-state index in [4.69, 9.17) is 4.42 Å². The van der Waals surface area contributed by atoms with Crippen molar-refractivity contribution in [2.45, 2.75) is 24.9 Å². The predicted octanol–water partition coefficient (Wildman–Crippen LogP) is 4.73. The van der Waals surface area contributed by atoms with Crippen LogP contribution in [0.25, 0.3) is 22.3 Å². The third-order valence-corrected chi connectivity index (χ3v) is 5.69. The van der Waals surface area contributed by atoms with Gasteiger partial charge in [0, 0.05) is 24.1 Å². The van der Waals surface area contributed by atoms with Gasteiger partial charge >= 0.3 is 6.18 Å². The summed E-state index contributed by atoms with van der Waals surface area (Å²) in [6, 6.07) is 7.56. The number of furan rings is 1. The second-order valence-electron chi connectivity index (χ2n) is 7.54. The van der Waals surface area contributed by atoms with Gasteiger partial charge < -0.3 is 9.73 Å². The highest BCUT2D eigenvalue weighted by Gasteiger charge is 2.32. The Kier molecular flexibility index (Phi) is 5.00. The minimum atomic E-state index is -4.48. The molecule has 0 saturated heterocycles. The third kappa shape index (κ3) is 4.25. The van der Waals surface area contributed by atoms with Gasteiger partial charge in [-0.15, -0.1) is 0 Å². The van der Waals surface area contributed by atoms with E-state index in [1.54, 1.807) is 6.07 Å². The average Bonchev–Trinajstić information content (AvgIpc) is 3.45. The van der Waals surface area contributed by atoms with Crippen molar-refractivity contribution in [3.05, 3.63) is 53.1 Å². The highest BCUT2D eigenvalue weighted by atomic mass is 32.2. The van der Waals surface area contributed by atoms with Crippen LogP contribution in [0.15, 0.2) is 40.8 Å². The lowest BCUT2D eigenvalue weighted by atomic mass is 10.00. The Morgan fingerprint density at radius 1 is 1.13 bits per heavy atom. The van der Waals surface area contributed by atoms with Gasteiger partial charge in [-0.2, -0.15) is 13.2 Å². The Labute approximate surface area is 176 Å². The van der Waals surface area contributed by atoms with E-state index in [9.17, 15) is 26.4 Å². The molecule has 1 saturated carbocycles. The van der Waals surface area contributed by atoms with Gasteiger partial charge in [-0.3, -0.25) is 9.52 Å². The molecule has 1 aliphatic rings. The van der Waals surface area contributed by atoms with Crippen molar-refractivity contribution in [1.82, 2.24) is 5.32 Å². The topological polar surface area (TPSA) is 88.4 Å². The van der Waals surface area contributed by atoms with Gasteiger partial charge in [0.15, 0.2) is 0 Å². The molecule has 0 aliphatic heterocycles. The van der Waals surface area contributed by atoms with Gasteiger partial charge in [-0.25, -0.2) is 8.42 Å². The second kappa shape index (κ2) is 7.30. The number of hydrogen-bond acceptors (Lipinski definition) is 4. The zero-order chi connectivity index (χ0) is 22.6. The van der Waals surface area contributed by atoms with E-state index in [1.165, 1.54) is 25.2 Å². The molecular weight excluding hydrogens is 433 g/mol. The molecule has 1 aliphatic carbocycles. The molecule has 31 heavy (non-hydrogen) atoms. The molecule has 1 aromatic heterocycles. The molecule has 2 aromatic carbocycles. The molecule has 0 spiro atoms. The number of carbonyl (C=O) groups excluding carboxylic acids is 1. The lowest BCUT2D eigenvalue weighted by Crippen LogP contribution is -2.18. The van der Waals surface area contributed by atoms with Crippen LogP contribution in [0, 0.1) is 0 Å². The van der Waals surface area contributed by atoms with E-state index in [0.717, 1.165) is 36.8 Å². The third-order valence-electron chi connectivity index (χ3n) is 5.10. The van der Waals surface area contributed by atoms with Crippen molar-refractivity contribution < 1.29 is 30.8 Å². The molecule has 1 fully saturated rings. The number of nitrogens with one attached hydrogen (secondary N) is 2. The number of benzene rings is 2. The summed E-state index contributed by atoms with van der Waals surface area (Å²) in [7, 11) is -2.10. The molecule has 0 bridgehead atoms. The molecule has 4 rings (SSSR count). The lowest BCUT2D eigenvalue weighted by molar-refractivity contribution is -0.137. The fourth-order valence-electron chi connectivity index (χ4n) is 3.54. The molecule has 164 valence electrons. The number of carbonyl (C=O) groups is 1. The summed E-state index contributed by atoms with van der Waals surface area (Å²) in [6.45, 7) is 0. The van der Waals surface area contributed by atoms with E-state index in [2.05, 4.69) is 10.0 Å². The molecule has 1 heterocycles. The van der Waals surface area contributed by atoms with Crippen molar-refractivity contribution in [3.8, 4) is 11.3 Å². The number of hydrogen-bond donors (Lipinski definition) is 2. The van der Waals surface area contributed by atoms with Gasteiger partial charge in [0.25, 0.3) is 5.91 Å². The van der Waals surface area contributed by atoms with Crippen molar-refractivity contribution in [1.29, 1.82) is 0 Å². The Morgan fingerprint density at radius 3 is 2.29 bits per heavy atom. The van der Waals surface area contributed by atoms with Crippen LogP contribution in [0.4, 0.5) is 18.9 Å². The zero-order valence-corrected chi connectivity index (χ0v) is 17.4. The largest absolute Gasteiger partial charge is 0.455 e. The summed E-state index contributed by atoms with van der Waals surface area (Å²) in [6.07, 6.45) is -1.66. The highest BCUT2D eigenvalue weighted by Crippen LogP contribution is 2.47. The summed E-state index contributed by atoms with van der Waals surface area (Å²) in [5.41, 5.74) is 1.04. The quantitative estimate of drug-likeness (QED) is 0.586.